The quantitative estimate of drug-likeness (QED) is 0.837. The number of carbonyl (C=O) groups excluding carboxylic acids is 1. The Labute approximate surface area is 122 Å². The van der Waals surface area contributed by atoms with Crippen LogP contribution in [0.1, 0.15) is 50.2 Å². The van der Waals surface area contributed by atoms with Gasteiger partial charge in [0.05, 0.1) is 0 Å². The summed E-state index contributed by atoms with van der Waals surface area (Å²) in [5.41, 5.74) is 3.84. The standard InChI is InChI=1S/C17H26N2O/c1-13(2)14-8-9-16-15(12-14)6-5-11-19(16)17(20)7-4-10-18-3/h8-9,12-13,18H,4-7,10-11H2,1-3H3. The van der Waals surface area contributed by atoms with Gasteiger partial charge in [0.15, 0.2) is 0 Å². The normalized spacial score (nSPS) is 14.5. The largest absolute Gasteiger partial charge is 0.320 e. The highest BCUT2D eigenvalue weighted by Crippen LogP contribution is 2.30. The molecule has 0 radical (unpaired) electrons. The van der Waals surface area contributed by atoms with Gasteiger partial charge in [0, 0.05) is 18.7 Å². The Bertz CT molecular complexity index is 468. The fourth-order valence-electron chi connectivity index (χ4n) is 2.79. The molecule has 0 saturated heterocycles. The van der Waals surface area contributed by atoms with E-state index >= 15 is 0 Å². The van der Waals surface area contributed by atoms with Crippen molar-refractivity contribution in [3.8, 4) is 0 Å². The number of hydrogen-bond donors (Lipinski definition) is 1. The number of aryl methyl sites for hydroxylation is 1. The molecule has 0 spiro atoms. The fourth-order valence-corrected chi connectivity index (χ4v) is 2.79. The number of anilines is 1. The summed E-state index contributed by atoms with van der Waals surface area (Å²) in [5.74, 6) is 0.806. The van der Waals surface area contributed by atoms with E-state index in [9.17, 15) is 4.79 Å². The molecule has 1 aliphatic rings. The van der Waals surface area contributed by atoms with Crippen molar-refractivity contribution in [3.05, 3.63) is 29.3 Å². The molecule has 0 aliphatic carbocycles. The van der Waals surface area contributed by atoms with Crippen molar-refractivity contribution in [3.63, 3.8) is 0 Å². The maximum absolute atomic E-state index is 12.4. The topological polar surface area (TPSA) is 32.3 Å². The first kappa shape index (κ1) is 15.0. The van der Waals surface area contributed by atoms with Crippen LogP contribution in [0, 0.1) is 0 Å². The Balaban J connectivity index is 2.13. The van der Waals surface area contributed by atoms with E-state index in [-0.39, 0.29) is 5.91 Å². The third kappa shape index (κ3) is 3.40. The Hall–Kier alpha value is -1.35. The van der Waals surface area contributed by atoms with E-state index in [0.717, 1.165) is 38.0 Å². The maximum Gasteiger partial charge on any atom is 0.227 e. The van der Waals surface area contributed by atoms with E-state index < -0.39 is 0 Å². The molecule has 1 aliphatic heterocycles. The second-order valence-corrected chi connectivity index (χ2v) is 5.90. The highest BCUT2D eigenvalue weighted by Gasteiger charge is 2.22. The average Bonchev–Trinajstić information content (AvgIpc) is 2.46. The van der Waals surface area contributed by atoms with Gasteiger partial charge in [0.2, 0.25) is 5.91 Å². The van der Waals surface area contributed by atoms with Crippen LogP contribution < -0.4 is 10.2 Å². The van der Waals surface area contributed by atoms with Gasteiger partial charge >= 0.3 is 0 Å². The lowest BCUT2D eigenvalue weighted by Crippen LogP contribution is -2.35. The van der Waals surface area contributed by atoms with Gasteiger partial charge in [-0.15, -0.1) is 0 Å². The van der Waals surface area contributed by atoms with Crippen LogP contribution in [0.4, 0.5) is 5.69 Å². The molecule has 1 amide bonds. The number of carbonyl (C=O) groups is 1. The Kier molecular flexibility index (Phi) is 5.18. The van der Waals surface area contributed by atoms with E-state index in [1.54, 1.807) is 0 Å². The number of benzene rings is 1. The molecule has 20 heavy (non-hydrogen) atoms. The molecule has 3 nitrogen and oxygen atoms in total. The van der Waals surface area contributed by atoms with Crippen LogP contribution >= 0.6 is 0 Å². The van der Waals surface area contributed by atoms with E-state index in [0.29, 0.717) is 12.3 Å². The van der Waals surface area contributed by atoms with Crippen LogP contribution in [0.3, 0.4) is 0 Å². The number of nitrogens with zero attached hydrogens (tertiary/aromatic N) is 1. The van der Waals surface area contributed by atoms with Crippen molar-refractivity contribution in [1.29, 1.82) is 0 Å². The van der Waals surface area contributed by atoms with Gasteiger partial charge in [-0.3, -0.25) is 4.79 Å². The van der Waals surface area contributed by atoms with Gasteiger partial charge in [0.1, 0.15) is 0 Å². The fraction of sp³-hybridized carbons (Fsp3) is 0.588. The summed E-state index contributed by atoms with van der Waals surface area (Å²) in [5, 5.41) is 3.09. The lowest BCUT2D eigenvalue weighted by molar-refractivity contribution is -0.118. The van der Waals surface area contributed by atoms with E-state index in [4.69, 9.17) is 0 Å². The van der Waals surface area contributed by atoms with E-state index in [1.807, 2.05) is 11.9 Å². The summed E-state index contributed by atoms with van der Waals surface area (Å²) in [7, 11) is 1.92. The van der Waals surface area contributed by atoms with Crippen molar-refractivity contribution < 1.29 is 4.79 Å². The zero-order chi connectivity index (χ0) is 14.5. The Morgan fingerprint density at radius 3 is 2.90 bits per heavy atom. The number of hydrogen-bond acceptors (Lipinski definition) is 2. The van der Waals surface area contributed by atoms with Crippen molar-refractivity contribution in [2.24, 2.45) is 0 Å². The average molecular weight is 274 g/mol. The molecule has 0 fully saturated rings. The van der Waals surface area contributed by atoms with Gasteiger partial charge in [-0.2, -0.15) is 0 Å². The molecule has 110 valence electrons. The number of rotatable bonds is 5. The second-order valence-electron chi connectivity index (χ2n) is 5.90. The molecule has 1 aromatic carbocycles. The molecule has 1 heterocycles. The summed E-state index contributed by atoms with van der Waals surface area (Å²) in [6.45, 7) is 6.20. The van der Waals surface area contributed by atoms with Gasteiger partial charge < -0.3 is 10.2 Å². The van der Waals surface area contributed by atoms with Crippen LogP contribution in [0.5, 0.6) is 0 Å². The molecular weight excluding hydrogens is 248 g/mol. The summed E-state index contributed by atoms with van der Waals surface area (Å²) in [4.78, 5) is 14.3. The minimum Gasteiger partial charge on any atom is -0.320 e. The van der Waals surface area contributed by atoms with Gasteiger partial charge in [-0.05, 0) is 56.0 Å². The van der Waals surface area contributed by atoms with Crippen molar-refractivity contribution in [1.82, 2.24) is 5.32 Å². The van der Waals surface area contributed by atoms with Crippen LogP contribution in [-0.2, 0) is 11.2 Å². The van der Waals surface area contributed by atoms with Crippen LogP contribution in [0.25, 0.3) is 0 Å². The SMILES string of the molecule is CNCCCC(=O)N1CCCc2cc(C(C)C)ccc21. The molecular formula is C17H26N2O. The number of nitrogens with one attached hydrogen (secondary N) is 1. The second kappa shape index (κ2) is 6.89. The smallest absolute Gasteiger partial charge is 0.227 e. The molecule has 2 rings (SSSR count). The van der Waals surface area contributed by atoms with E-state index in [1.165, 1.54) is 11.1 Å². The third-order valence-electron chi connectivity index (χ3n) is 4.01. The molecule has 3 heteroatoms. The molecule has 0 unspecified atom stereocenters. The highest BCUT2D eigenvalue weighted by atomic mass is 16.2. The molecule has 1 N–H and O–H groups in total. The monoisotopic (exact) mass is 274 g/mol. The van der Waals surface area contributed by atoms with Gasteiger partial charge in [0.25, 0.3) is 0 Å². The first-order valence-electron chi connectivity index (χ1n) is 7.71. The summed E-state index contributed by atoms with van der Waals surface area (Å²) < 4.78 is 0. The predicted molar refractivity (Wildman–Crippen MR) is 84.4 cm³/mol. The zero-order valence-electron chi connectivity index (χ0n) is 12.9. The molecule has 1 aromatic rings. The van der Waals surface area contributed by atoms with Crippen molar-refractivity contribution >= 4 is 11.6 Å². The molecule has 0 saturated carbocycles. The highest BCUT2D eigenvalue weighted by molar-refractivity contribution is 5.94. The van der Waals surface area contributed by atoms with Crippen LogP contribution in [0.2, 0.25) is 0 Å². The molecule has 0 atom stereocenters. The van der Waals surface area contributed by atoms with Crippen LogP contribution in [-0.4, -0.2) is 26.0 Å². The minimum atomic E-state index is 0.262. The first-order chi connectivity index (χ1) is 9.63. The third-order valence-corrected chi connectivity index (χ3v) is 4.01. The summed E-state index contributed by atoms with van der Waals surface area (Å²) in [6.07, 6.45) is 3.71. The van der Waals surface area contributed by atoms with Gasteiger partial charge in [-0.1, -0.05) is 26.0 Å². The van der Waals surface area contributed by atoms with Crippen molar-refractivity contribution in [2.45, 2.75) is 45.4 Å². The molecule has 0 bridgehead atoms. The maximum atomic E-state index is 12.4. The number of amides is 1. The van der Waals surface area contributed by atoms with Crippen molar-refractivity contribution in [2.75, 3.05) is 25.0 Å². The lowest BCUT2D eigenvalue weighted by Gasteiger charge is -2.30. The lowest BCUT2D eigenvalue weighted by atomic mass is 9.94. The van der Waals surface area contributed by atoms with Crippen LogP contribution in [0.15, 0.2) is 18.2 Å². The number of fused-ring (bicyclic) bond motifs is 1. The first-order valence-corrected chi connectivity index (χ1v) is 7.71. The van der Waals surface area contributed by atoms with Gasteiger partial charge in [-0.25, -0.2) is 0 Å². The minimum absolute atomic E-state index is 0.262. The van der Waals surface area contributed by atoms with E-state index in [2.05, 4.69) is 37.4 Å². The Morgan fingerprint density at radius 1 is 1.40 bits per heavy atom. The predicted octanol–water partition coefficient (Wildman–Crippen LogP) is 3.09. The molecule has 0 aromatic heterocycles. The zero-order valence-corrected chi connectivity index (χ0v) is 12.9. The summed E-state index contributed by atoms with van der Waals surface area (Å²) in [6, 6.07) is 6.59. The summed E-state index contributed by atoms with van der Waals surface area (Å²) >= 11 is 0. The Morgan fingerprint density at radius 2 is 2.20 bits per heavy atom.